The average molecular weight is 454 g/mol. The molecule has 0 aromatic carbocycles. The van der Waals surface area contributed by atoms with Crippen LogP contribution in [0.15, 0.2) is 12.3 Å². The number of carbonyl (C=O) groups excluding carboxylic acids is 1. The minimum absolute atomic E-state index is 0.00954. The number of nitrogens with zero attached hydrogens (tertiary/aromatic N) is 2. The molecule has 1 aliphatic carbocycles. The zero-order valence-corrected chi connectivity index (χ0v) is 19.8. The van der Waals surface area contributed by atoms with Crippen molar-refractivity contribution in [1.82, 2.24) is 10.3 Å². The van der Waals surface area contributed by atoms with Crippen molar-refractivity contribution in [3.8, 4) is 5.88 Å². The van der Waals surface area contributed by atoms with Crippen molar-refractivity contribution in [1.29, 1.82) is 0 Å². The first-order valence-electron chi connectivity index (χ1n) is 10.6. The van der Waals surface area contributed by atoms with Crippen molar-refractivity contribution >= 4 is 26.0 Å². The van der Waals surface area contributed by atoms with Crippen LogP contribution in [0.4, 0.5) is 14.9 Å². The van der Waals surface area contributed by atoms with Gasteiger partial charge in [-0.05, 0) is 43.8 Å². The minimum Gasteiger partial charge on any atom is -0.466 e. The predicted molar refractivity (Wildman–Crippen MR) is 116 cm³/mol. The van der Waals surface area contributed by atoms with Gasteiger partial charge in [-0.25, -0.2) is 14.2 Å². The van der Waals surface area contributed by atoms with E-state index in [0.29, 0.717) is 38.0 Å². The van der Waals surface area contributed by atoms with Gasteiger partial charge >= 0.3 is 6.09 Å². The van der Waals surface area contributed by atoms with Gasteiger partial charge in [-0.2, -0.15) is 0 Å². The van der Waals surface area contributed by atoms with Gasteiger partial charge in [-0.15, -0.1) is 0 Å². The van der Waals surface area contributed by atoms with Gasteiger partial charge in [0.05, 0.1) is 18.3 Å². The molecule has 2 amide bonds. The highest BCUT2D eigenvalue weighted by atomic mass is 28.4. The molecular weight excluding hydrogens is 421 g/mol. The number of halogens is 1. The summed E-state index contributed by atoms with van der Waals surface area (Å²) >= 11 is 0. The van der Waals surface area contributed by atoms with Gasteiger partial charge in [0.25, 0.3) is 5.91 Å². The lowest BCUT2D eigenvalue weighted by atomic mass is 9.79. The second-order valence-electron chi connectivity index (χ2n) is 10.0. The molecule has 0 radical (unpaired) electrons. The van der Waals surface area contributed by atoms with Crippen LogP contribution in [0.25, 0.3) is 0 Å². The molecule has 0 atom stereocenters. The number of carboxylic acid groups (broad SMARTS) is 1. The van der Waals surface area contributed by atoms with E-state index in [4.69, 9.17) is 9.16 Å². The van der Waals surface area contributed by atoms with Gasteiger partial charge in [0.15, 0.2) is 14.9 Å². The van der Waals surface area contributed by atoms with E-state index in [-0.39, 0.29) is 29.5 Å². The fraction of sp³-hybridized carbons (Fsp3) is 0.667. The number of nitrogens with one attached hydrogen (secondary N) is 1. The van der Waals surface area contributed by atoms with Gasteiger partial charge in [-0.3, -0.25) is 4.79 Å². The van der Waals surface area contributed by atoms with Gasteiger partial charge in [0.2, 0.25) is 5.88 Å². The third kappa shape index (κ3) is 5.00. The van der Waals surface area contributed by atoms with Crippen LogP contribution in [-0.2, 0) is 9.22 Å². The van der Waals surface area contributed by atoms with E-state index in [2.05, 4.69) is 44.2 Å². The molecule has 1 saturated carbocycles. The molecule has 1 aromatic heterocycles. The molecule has 0 spiro atoms. The Kier molecular flexibility index (Phi) is 6.34. The van der Waals surface area contributed by atoms with E-state index in [1.165, 1.54) is 6.07 Å². The van der Waals surface area contributed by atoms with Gasteiger partial charge in [-0.1, -0.05) is 20.8 Å². The Balaban J connectivity index is 1.77. The molecule has 0 unspecified atom stereocenters. The lowest BCUT2D eigenvalue weighted by Gasteiger charge is -2.46. The van der Waals surface area contributed by atoms with Gasteiger partial charge < -0.3 is 24.5 Å². The van der Waals surface area contributed by atoms with E-state index in [1.807, 2.05) is 0 Å². The van der Waals surface area contributed by atoms with Crippen LogP contribution >= 0.6 is 0 Å². The molecule has 8 nitrogen and oxygen atoms in total. The fourth-order valence-electron chi connectivity index (χ4n) is 3.91. The summed E-state index contributed by atoms with van der Waals surface area (Å²) in [5.74, 6) is -0.550. The Morgan fingerprint density at radius 2 is 2.06 bits per heavy atom. The fourth-order valence-corrected chi connectivity index (χ4v) is 4.98. The molecule has 3 rings (SSSR count). The maximum atomic E-state index is 13.8. The van der Waals surface area contributed by atoms with Crippen molar-refractivity contribution in [3.05, 3.63) is 18.1 Å². The largest absolute Gasteiger partial charge is 0.466 e. The monoisotopic (exact) mass is 453 g/mol. The molecule has 2 N–H and O–H groups in total. The Morgan fingerprint density at radius 1 is 1.42 bits per heavy atom. The quantitative estimate of drug-likeness (QED) is 0.656. The van der Waals surface area contributed by atoms with Crippen LogP contribution in [-0.4, -0.2) is 55.2 Å². The molecule has 1 fully saturated rings. The highest BCUT2D eigenvalue weighted by molar-refractivity contribution is 6.74. The molecule has 0 saturated heterocycles. The highest BCUT2D eigenvalue weighted by Gasteiger charge is 2.44. The zero-order valence-electron chi connectivity index (χ0n) is 18.8. The third-order valence-electron chi connectivity index (χ3n) is 6.82. The average Bonchev–Trinajstić information content (AvgIpc) is 2.66. The topological polar surface area (TPSA) is 101 Å². The van der Waals surface area contributed by atoms with Crippen molar-refractivity contribution in [3.63, 3.8) is 0 Å². The summed E-state index contributed by atoms with van der Waals surface area (Å²) in [6.45, 7) is 10.9. The summed E-state index contributed by atoms with van der Waals surface area (Å²) in [6.07, 6.45) is 2.12. The van der Waals surface area contributed by atoms with Crippen molar-refractivity contribution in [2.45, 2.75) is 76.2 Å². The molecule has 31 heavy (non-hydrogen) atoms. The van der Waals surface area contributed by atoms with Crippen LogP contribution in [0.3, 0.4) is 0 Å². The smallest absolute Gasteiger partial charge is 0.405 e. The lowest BCUT2D eigenvalue weighted by Crippen LogP contribution is -2.59. The number of ether oxygens (including phenoxy) is 1. The maximum absolute atomic E-state index is 13.8. The van der Waals surface area contributed by atoms with Crippen LogP contribution in [0.2, 0.25) is 18.1 Å². The number of anilines is 1. The third-order valence-corrected chi connectivity index (χ3v) is 11.3. The molecule has 172 valence electrons. The van der Waals surface area contributed by atoms with Gasteiger partial charge in [0, 0.05) is 12.1 Å². The number of pyridine rings is 1. The second kappa shape index (κ2) is 8.38. The van der Waals surface area contributed by atoms with E-state index >= 15 is 0 Å². The van der Waals surface area contributed by atoms with E-state index in [1.54, 1.807) is 4.90 Å². The first-order valence-corrected chi connectivity index (χ1v) is 13.5. The summed E-state index contributed by atoms with van der Waals surface area (Å²) in [5, 5.41) is 12.2. The molecule has 0 bridgehead atoms. The molecule has 10 heteroatoms. The van der Waals surface area contributed by atoms with Crippen molar-refractivity contribution in [2.75, 3.05) is 18.1 Å². The van der Waals surface area contributed by atoms with Crippen LogP contribution in [0.5, 0.6) is 5.88 Å². The summed E-state index contributed by atoms with van der Waals surface area (Å²) in [4.78, 5) is 29.7. The van der Waals surface area contributed by atoms with Crippen LogP contribution in [0, 0.1) is 5.82 Å². The molecule has 1 aromatic rings. The Bertz CT molecular complexity index is 850. The van der Waals surface area contributed by atoms with Crippen LogP contribution in [0.1, 0.15) is 46.5 Å². The first kappa shape index (κ1) is 23.5. The number of rotatable bonds is 5. The number of fused-ring (bicyclic) bond motifs is 1. The maximum Gasteiger partial charge on any atom is 0.405 e. The number of hydrogen-bond donors (Lipinski definition) is 2. The Labute approximate surface area is 183 Å². The minimum atomic E-state index is -2.06. The SMILES string of the molecule is CC(C)(C)[Si](C)(C)OC[C@]1(NC(=O)O)CC[C@H](N2C(=O)COc3ncc(F)cc32)CC1. The van der Waals surface area contributed by atoms with Gasteiger partial charge in [0.1, 0.15) is 11.5 Å². The Morgan fingerprint density at radius 3 is 2.65 bits per heavy atom. The second-order valence-corrected chi connectivity index (χ2v) is 14.8. The van der Waals surface area contributed by atoms with E-state index in [0.717, 1.165) is 6.20 Å². The number of amides is 2. The standard InChI is InChI=1S/C21H32FN3O5Si/c1-20(2,3)31(4,5)30-13-21(24-19(27)28)8-6-15(7-9-21)25-16-10-14(22)11-23-18(16)29-12-17(25)26/h10-11,15,24H,6-9,12-13H2,1-5H3,(H,27,28)/t15-,21-. The number of hydrogen-bond acceptors (Lipinski definition) is 5. The zero-order chi connectivity index (χ0) is 23.0. The summed E-state index contributed by atoms with van der Waals surface area (Å²) in [5.41, 5.74) is -0.381. The summed E-state index contributed by atoms with van der Waals surface area (Å²) in [7, 11) is -2.06. The molecular formula is C21H32FN3O5Si. The highest BCUT2D eigenvalue weighted by Crippen LogP contribution is 2.41. The van der Waals surface area contributed by atoms with Crippen molar-refractivity contribution < 1.29 is 28.2 Å². The number of carbonyl (C=O) groups is 2. The van der Waals surface area contributed by atoms with Crippen molar-refractivity contribution in [2.24, 2.45) is 0 Å². The normalized spacial score (nSPS) is 24.4. The van der Waals surface area contributed by atoms with Crippen LogP contribution < -0.4 is 15.0 Å². The van der Waals surface area contributed by atoms with E-state index in [9.17, 15) is 19.1 Å². The summed E-state index contributed by atoms with van der Waals surface area (Å²) < 4.78 is 25.5. The summed E-state index contributed by atoms with van der Waals surface area (Å²) in [6, 6.07) is 1.08. The molecule has 2 aliphatic rings. The lowest BCUT2D eigenvalue weighted by molar-refractivity contribution is -0.122. The first-order chi connectivity index (χ1) is 14.3. The predicted octanol–water partition coefficient (Wildman–Crippen LogP) is 3.92. The Hall–Kier alpha value is -2.20. The molecule has 1 aliphatic heterocycles. The molecule has 2 heterocycles. The van der Waals surface area contributed by atoms with E-state index < -0.39 is 25.8 Å². The number of aromatic nitrogens is 1.